The molecule has 1 aromatic rings. The van der Waals surface area contributed by atoms with Gasteiger partial charge < -0.3 is 9.73 Å². The molecule has 1 aromatic heterocycles. The van der Waals surface area contributed by atoms with Crippen LogP contribution < -0.4 is 5.32 Å². The Balaban J connectivity index is 1.94. The first kappa shape index (κ1) is 8.82. The Labute approximate surface area is 79.3 Å². The van der Waals surface area contributed by atoms with Gasteiger partial charge >= 0.3 is 0 Å². The van der Waals surface area contributed by atoms with Crippen LogP contribution in [-0.4, -0.2) is 6.54 Å². The lowest BCUT2D eigenvalue weighted by Crippen LogP contribution is -2.10. The van der Waals surface area contributed by atoms with Gasteiger partial charge in [-0.3, -0.25) is 0 Å². The molecule has 1 fully saturated rings. The van der Waals surface area contributed by atoms with Crippen LogP contribution in [0.2, 0.25) is 0 Å². The fourth-order valence-electron chi connectivity index (χ4n) is 1.66. The van der Waals surface area contributed by atoms with Crippen molar-refractivity contribution in [2.24, 2.45) is 5.92 Å². The van der Waals surface area contributed by atoms with Gasteiger partial charge in [0.25, 0.3) is 0 Å². The molecular weight excluding hydrogens is 162 g/mol. The normalized spacial score (nSPS) is 26.3. The van der Waals surface area contributed by atoms with Crippen LogP contribution in [0.25, 0.3) is 0 Å². The molecule has 0 radical (unpaired) electrons. The van der Waals surface area contributed by atoms with Gasteiger partial charge in [-0.25, -0.2) is 0 Å². The van der Waals surface area contributed by atoms with Gasteiger partial charge in [0.15, 0.2) is 0 Å². The van der Waals surface area contributed by atoms with Crippen molar-refractivity contribution in [3.05, 3.63) is 23.7 Å². The summed E-state index contributed by atoms with van der Waals surface area (Å²) in [5.41, 5.74) is 0. The number of nitrogens with one attached hydrogen (secondary N) is 1. The van der Waals surface area contributed by atoms with Crippen LogP contribution in [0.15, 0.2) is 16.5 Å². The lowest BCUT2D eigenvalue weighted by Gasteiger charge is -1.96. The zero-order valence-corrected chi connectivity index (χ0v) is 8.34. The van der Waals surface area contributed by atoms with Gasteiger partial charge in [0, 0.05) is 5.92 Å². The zero-order valence-electron chi connectivity index (χ0n) is 8.34. The summed E-state index contributed by atoms with van der Waals surface area (Å²) in [5, 5.41) is 3.25. The summed E-state index contributed by atoms with van der Waals surface area (Å²) in [6.45, 7) is 6.23. The average molecular weight is 179 g/mol. The molecule has 0 spiro atoms. The molecule has 0 amide bonds. The van der Waals surface area contributed by atoms with Crippen LogP contribution in [-0.2, 0) is 6.54 Å². The van der Waals surface area contributed by atoms with E-state index in [1.807, 2.05) is 0 Å². The summed E-state index contributed by atoms with van der Waals surface area (Å²) in [6, 6.07) is 4.21. The number of hydrogen-bond donors (Lipinski definition) is 1. The number of hydrogen-bond acceptors (Lipinski definition) is 2. The van der Waals surface area contributed by atoms with E-state index in [-0.39, 0.29) is 0 Å². The highest BCUT2D eigenvalue weighted by atomic mass is 16.3. The molecule has 1 heterocycles. The van der Waals surface area contributed by atoms with E-state index >= 15 is 0 Å². The van der Waals surface area contributed by atoms with Crippen LogP contribution in [0.3, 0.4) is 0 Å². The van der Waals surface area contributed by atoms with E-state index in [9.17, 15) is 0 Å². The predicted octanol–water partition coefficient (Wildman–Crippen LogP) is 2.51. The maximum atomic E-state index is 5.72. The minimum absolute atomic E-state index is 0.704. The second-order valence-corrected chi connectivity index (χ2v) is 3.90. The fourth-order valence-corrected chi connectivity index (χ4v) is 1.66. The molecule has 1 saturated carbocycles. The summed E-state index contributed by atoms with van der Waals surface area (Å²) in [5.74, 6) is 3.78. The molecule has 0 aliphatic heterocycles. The third-order valence-electron chi connectivity index (χ3n) is 2.71. The van der Waals surface area contributed by atoms with Crippen LogP contribution in [0.4, 0.5) is 0 Å². The number of rotatable bonds is 4. The molecular formula is C11H17NO. The maximum Gasteiger partial charge on any atom is 0.117 e. The molecule has 2 nitrogen and oxygen atoms in total. The lowest BCUT2D eigenvalue weighted by atomic mass is 10.3. The third kappa shape index (κ3) is 1.94. The Kier molecular flexibility index (Phi) is 2.40. The molecule has 2 heteroatoms. The van der Waals surface area contributed by atoms with E-state index in [1.165, 1.54) is 12.2 Å². The lowest BCUT2D eigenvalue weighted by molar-refractivity contribution is 0.447. The van der Waals surface area contributed by atoms with Gasteiger partial charge in [-0.1, -0.05) is 13.8 Å². The molecule has 1 N–H and O–H groups in total. The van der Waals surface area contributed by atoms with Gasteiger partial charge in [0.1, 0.15) is 11.5 Å². The van der Waals surface area contributed by atoms with E-state index in [0.29, 0.717) is 5.92 Å². The summed E-state index contributed by atoms with van der Waals surface area (Å²) in [7, 11) is 0. The molecule has 2 unspecified atom stereocenters. The van der Waals surface area contributed by atoms with Crippen molar-refractivity contribution in [3.8, 4) is 0 Å². The molecule has 0 aromatic carbocycles. The standard InChI is InChI=1S/C11H17NO/c1-3-12-7-9-4-5-11(13-9)10-6-8(10)2/h4-5,8,10,12H,3,6-7H2,1-2H3. The minimum atomic E-state index is 0.704. The molecule has 0 bridgehead atoms. The van der Waals surface area contributed by atoms with E-state index in [0.717, 1.165) is 24.8 Å². The molecule has 1 aliphatic carbocycles. The first-order chi connectivity index (χ1) is 6.31. The summed E-state index contributed by atoms with van der Waals surface area (Å²) >= 11 is 0. The second-order valence-electron chi connectivity index (χ2n) is 3.90. The first-order valence-corrected chi connectivity index (χ1v) is 5.10. The summed E-state index contributed by atoms with van der Waals surface area (Å²) < 4.78 is 5.72. The van der Waals surface area contributed by atoms with Crippen molar-refractivity contribution >= 4 is 0 Å². The minimum Gasteiger partial charge on any atom is -0.464 e. The van der Waals surface area contributed by atoms with E-state index in [2.05, 4.69) is 31.3 Å². The molecule has 1 aliphatic rings. The van der Waals surface area contributed by atoms with Crippen molar-refractivity contribution in [3.63, 3.8) is 0 Å². The van der Waals surface area contributed by atoms with E-state index in [1.54, 1.807) is 0 Å². The second kappa shape index (κ2) is 3.54. The quantitative estimate of drug-likeness (QED) is 0.768. The van der Waals surface area contributed by atoms with Crippen molar-refractivity contribution in [1.29, 1.82) is 0 Å². The van der Waals surface area contributed by atoms with Crippen molar-refractivity contribution in [2.45, 2.75) is 32.7 Å². The highest BCUT2D eigenvalue weighted by molar-refractivity contribution is 5.17. The topological polar surface area (TPSA) is 25.2 Å². The fraction of sp³-hybridized carbons (Fsp3) is 0.636. The largest absolute Gasteiger partial charge is 0.464 e. The van der Waals surface area contributed by atoms with Crippen molar-refractivity contribution < 1.29 is 4.42 Å². The SMILES string of the molecule is CCNCc1ccc(C2CC2C)o1. The van der Waals surface area contributed by atoms with Gasteiger partial charge in [0.05, 0.1) is 6.54 Å². The third-order valence-corrected chi connectivity index (χ3v) is 2.71. The van der Waals surface area contributed by atoms with Gasteiger partial charge in [-0.2, -0.15) is 0 Å². The van der Waals surface area contributed by atoms with Gasteiger partial charge in [0.2, 0.25) is 0 Å². The van der Waals surface area contributed by atoms with Crippen LogP contribution >= 0.6 is 0 Å². The maximum absolute atomic E-state index is 5.72. The smallest absolute Gasteiger partial charge is 0.117 e. The Hall–Kier alpha value is -0.760. The molecule has 0 saturated heterocycles. The Bertz CT molecular complexity index is 279. The Morgan fingerprint density at radius 2 is 2.31 bits per heavy atom. The van der Waals surface area contributed by atoms with Crippen LogP contribution in [0.5, 0.6) is 0 Å². The molecule has 2 rings (SSSR count). The average Bonchev–Trinajstić information content (AvgIpc) is 2.67. The molecule has 2 atom stereocenters. The van der Waals surface area contributed by atoms with Gasteiger partial charge in [-0.15, -0.1) is 0 Å². The number of furan rings is 1. The monoisotopic (exact) mass is 179 g/mol. The summed E-state index contributed by atoms with van der Waals surface area (Å²) in [6.07, 6.45) is 1.30. The first-order valence-electron chi connectivity index (χ1n) is 5.10. The highest BCUT2D eigenvalue weighted by Gasteiger charge is 2.36. The van der Waals surface area contributed by atoms with Crippen molar-refractivity contribution in [1.82, 2.24) is 5.32 Å². The van der Waals surface area contributed by atoms with Crippen LogP contribution in [0.1, 0.15) is 37.7 Å². The zero-order chi connectivity index (χ0) is 9.26. The van der Waals surface area contributed by atoms with E-state index < -0.39 is 0 Å². The summed E-state index contributed by atoms with van der Waals surface area (Å²) in [4.78, 5) is 0. The van der Waals surface area contributed by atoms with Crippen LogP contribution in [0, 0.1) is 5.92 Å². The Morgan fingerprint density at radius 3 is 2.92 bits per heavy atom. The van der Waals surface area contributed by atoms with Gasteiger partial charge in [-0.05, 0) is 31.0 Å². The molecule has 13 heavy (non-hydrogen) atoms. The van der Waals surface area contributed by atoms with Crippen molar-refractivity contribution in [2.75, 3.05) is 6.54 Å². The molecule has 72 valence electrons. The Morgan fingerprint density at radius 1 is 1.54 bits per heavy atom. The highest BCUT2D eigenvalue weighted by Crippen LogP contribution is 2.47. The predicted molar refractivity (Wildman–Crippen MR) is 52.6 cm³/mol. The van der Waals surface area contributed by atoms with E-state index in [4.69, 9.17) is 4.42 Å².